The molecule has 0 radical (unpaired) electrons. The van der Waals surface area contributed by atoms with E-state index in [-0.39, 0.29) is 24.2 Å². The number of benzene rings is 1. The summed E-state index contributed by atoms with van der Waals surface area (Å²) in [7, 11) is 0. The first-order chi connectivity index (χ1) is 11.0. The van der Waals surface area contributed by atoms with Gasteiger partial charge in [0.05, 0.1) is 10.2 Å². The predicted octanol–water partition coefficient (Wildman–Crippen LogP) is 3.71. The van der Waals surface area contributed by atoms with Crippen LogP contribution in [0.2, 0.25) is 0 Å². The fraction of sp³-hybridized carbons (Fsp3) is 0.412. The van der Waals surface area contributed by atoms with E-state index in [0.717, 1.165) is 22.2 Å². The Kier molecular flexibility index (Phi) is 8.45. The summed E-state index contributed by atoms with van der Waals surface area (Å²) in [5.74, 6) is 0.183. The number of nitrogens with one attached hydrogen (secondary N) is 1. The monoisotopic (exact) mass is 414 g/mol. The van der Waals surface area contributed by atoms with E-state index in [4.69, 9.17) is 5.73 Å². The highest BCUT2D eigenvalue weighted by Crippen LogP contribution is 2.26. The van der Waals surface area contributed by atoms with Crippen LogP contribution in [-0.4, -0.2) is 34.1 Å². The smallest absolute Gasteiger partial charge is 0.275 e. The molecule has 1 aromatic heterocycles. The molecule has 1 amide bonds. The topological polar surface area (TPSA) is 75.0 Å². The highest BCUT2D eigenvalue weighted by Gasteiger charge is 2.24. The van der Waals surface area contributed by atoms with Crippen molar-refractivity contribution in [2.24, 2.45) is 5.73 Å². The molecule has 1 aromatic carbocycles. The zero-order valence-electron chi connectivity index (χ0n) is 14.0. The van der Waals surface area contributed by atoms with Crippen molar-refractivity contribution in [2.75, 3.05) is 13.1 Å². The first-order valence-corrected chi connectivity index (χ1v) is 8.61. The van der Waals surface area contributed by atoms with Crippen LogP contribution in [0.4, 0.5) is 0 Å². The van der Waals surface area contributed by atoms with Gasteiger partial charge in [0.15, 0.2) is 5.69 Å². The van der Waals surface area contributed by atoms with Crippen LogP contribution in [0.1, 0.15) is 47.9 Å². The minimum atomic E-state index is -0.0858. The number of halogens is 2. The Morgan fingerprint density at radius 3 is 2.54 bits per heavy atom. The van der Waals surface area contributed by atoms with Gasteiger partial charge < -0.3 is 10.6 Å². The van der Waals surface area contributed by atoms with E-state index < -0.39 is 0 Å². The van der Waals surface area contributed by atoms with Crippen LogP contribution in [0.15, 0.2) is 34.8 Å². The molecular formula is C17H24BrClN4O. The molecule has 1 heterocycles. The minimum Gasteiger partial charge on any atom is -0.333 e. The minimum absolute atomic E-state index is 0. The second-order valence-electron chi connectivity index (χ2n) is 5.81. The molecule has 0 fully saturated rings. The van der Waals surface area contributed by atoms with Crippen molar-refractivity contribution in [3.63, 3.8) is 0 Å². The number of rotatable bonds is 7. The van der Waals surface area contributed by atoms with Gasteiger partial charge in [-0.1, -0.05) is 44.2 Å². The average molecular weight is 416 g/mol. The average Bonchev–Trinajstić information content (AvgIpc) is 2.93. The Hall–Kier alpha value is -1.37. The van der Waals surface area contributed by atoms with Crippen molar-refractivity contribution in [3.8, 4) is 0 Å². The maximum Gasteiger partial charge on any atom is 0.275 e. The van der Waals surface area contributed by atoms with E-state index in [2.05, 4.69) is 40.0 Å². The Bertz CT molecular complexity index is 645. The number of hydrogen-bond donors (Lipinski definition) is 2. The molecular weight excluding hydrogens is 392 g/mol. The van der Waals surface area contributed by atoms with Crippen LogP contribution in [0, 0.1) is 0 Å². The molecule has 0 aliphatic heterocycles. The van der Waals surface area contributed by atoms with Gasteiger partial charge in [0.25, 0.3) is 5.91 Å². The van der Waals surface area contributed by atoms with E-state index in [9.17, 15) is 4.79 Å². The lowest BCUT2D eigenvalue weighted by atomic mass is 10.1. The maximum absolute atomic E-state index is 12.9. The normalized spacial score (nSPS) is 10.5. The van der Waals surface area contributed by atoms with Crippen LogP contribution in [0.5, 0.6) is 0 Å². The molecule has 132 valence electrons. The summed E-state index contributed by atoms with van der Waals surface area (Å²) in [4.78, 5) is 14.7. The van der Waals surface area contributed by atoms with Gasteiger partial charge in [-0.15, -0.1) is 12.4 Å². The molecule has 0 spiro atoms. The van der Waals surface area contributed by atoms with E-state index in [1.807, 2.05) is 30.3 Å². The van der Waals surface area contributed by atoms with Crippen molar-refractivity contribution in [1.82, 2.24) is 15.1 Å². The van der Waals surface area contributed by atoms with E-state index in [1.54, 1.807) is 4.90 Å². The Labute approximate surface area is 157 Å². The molecule has 0 unspecified atom stereocenters. The van der Waals surface area contributed by atoms with Crippen molar-refractivity contribution < 1.29 is 4.79 Å². The third-order valence-electron chi connectivity index (χ3n) is 3.65. The number of carbonyl (C=O) groups excluding carboxylic acids is 1. The summed E-state index contributed by atoms with van der Waals surface area (Å²) < 4.78 is 0.753. The second-order valence-corrected chi connectivity index (χ2v) is 6.60. The number of aromatic nitrogens is 2. The summed E-state index contributed by atoms with van der Waals surface area (Å²) >= 11 is 3.51. The lowest BCUT2D eigenvalue weighted by Crippen LogP contribution is -2.33. The molecule has 0 saturated heterocycles. The zero-order chi connectivity index (χ0) is 16.8. The van der Waals surface area contributed by atoms with Crippen LogP contribution in [0.25, 0.3) is 0 Å². The van der Waals surface area contributed by atoms with Crippen molar-refractivity contribution in [2.45, 2.75) is 32.7 Å². The van der Waals surface area contributed by atoms with E-state index >= 15 is 0 Å². The predicted molar refractivity (Wildman–Crippen MR) is 102 cm³/mol. The molecule has 0 aliphatic carbocycles. The summed E-state index contributed by atoms with van der Waals surface area (Å²) in [6.07, 6.45) is 0.762. The third kappa shape index (κ3) is 5.06. The summed E-state index contributed by atoms with van der Waals surface area (Å²) in [5, 5.41) is 7.17. The molecule has 0 bridgehead atoms. The van der Waals surface area contributed by atoms with Gasteiger partial charge in [-0.05, 0) is 40.4 Å². The summed E-state index contributed by atoms with van der Waals surface area (Å²) in [6, 6.07) is 9.95. The fourth-order valence-electron chi connectivity index (χ4n) is 2.35. The number of amides is 1. The number of aromatic amines is 1. The van der Waals surface area contributed by atoms with Gasteiger partial charge in [-0.3, -0.25) is 9.89 Å². The van der Waals surface area contributed by atoms with Crippen LogP contribution in [0.3, 0.4) is 0 Å². The molecule has 5 nitrogen and oxygen atoms in total. The Morgan fingerprint density at radius 2 is 2.00 bits per heavy atom. The number of carbonyl (C=O) groups is 1. The molecule has 0 atom stereocenters. The maximum atomic E-state index is 12.9. The number of nitrogens with two attached hydrogens (primary N) is 1. The van der Waals surface area contributed by atoms with Crippen molar-refractivity contribution in [3.05, 3.63) is 51.8 Å². The van der Waals surface area contributed by atoms with Crippen molar-refractivity contribution >= 4 is 34.2 Å². The quantitative estimate of drug-likeness (QED) is 0.724. The Morgan fingerprint density at radius 1 is 1.33 bits per heavy atom. The van der Waals surface area contributed by atoms with Gasteiger partial charge in [0, 0.05) is 13.1 Å². The molecule has 0 saturated carbocycles. The fourth-order valence-corrected chi connectivity index (χ4v) is 3.16. The zero-order valence-corrected chi connectivity index (χ0v) is 16.4. The van der Waals surface area contributed by atoms with Crippen LogP contribution < -0.4 is 5.73 Å². The van der Waals surface area contributed by atoms with Crippen molar-refractivity contribution in [1.29, 1.82) is 0 Å². The molecule has 24 heavy (non-hydrogen) atoms. The van der Waals surface area contributed by atoms with E-state index in [1.165, 1.54) is 0 Å². The first-order valence-electron chi connectivity index (χ1n) is 7.81. The molecule has 2 rings (SSSR count). The summed E-state index contributed by atoms with van der Waals surface area (Å²) in [5.41, 5.74) is 8.07. The third-order valence-corrected chi connectivity index (χ3v) is 4.45. The highest BCUT2D eigenvalue weighted by atomic mass is 79.9. The number of H-pyrrole nitrogens is 1. The van der Waals surface area contributed by atoms with Gasteiger partial charge in [-0.25, -0.2) is 0 Å². The summed E-state index contributed by atoms with van der Waals surface area (Å²) in [6.45, 7) is 5.83. The molecule has 3 N–H and O–H groups in total. The number of hydrogen-bond acceptors (Lipinski definition) is 3. The molecule has 0 aliphatic rings. The number of nitrogens with zero attached hydrogens (tertiary/aromatic N) is 2. The van der Waals surface area contributed by atoms with E-state index in [0.29, 0.717) is 25.3 Å². The molecule has 2 aromatic rings. The van der Waals surface area contributed by atoms with Gasteiger partial charge in [-0.2, -0.15) is 5.10 Å². The SMILES string of the molecule is CC(C)c1[nH]nc(C(=O)N(CCCN)Cc2ccccc2)c1Br.Cl. The van der Waals surface area contributed by atoms with Gasteiger partial charge >= 0.3 is 0 Å². The van der Waals surface area contributed by atoms with Crippen LogP contribution in [-0.2, 0) is 6.54 Å². The second kappa shape index (κ2) is 9.81. The van der Waals surface area contributed by atoms with Crippen LogP contribution >= 0.6 is 28.3 Å². The lowest BCUT2D eigenvalue weighted by Gasteiger charge is -2.22. The largest absolute Gasteiger partial charge is 0.333 e. The standard InChI is InChI=1S/C17H23BrN4O.ClH/c1-12(2)15-14(18)16(21-20-15)17(23)22(10-6-9-19)11-13-7-4-3-5-8-13;/h3-5,7-8,12H,6,9-11,19H2,1-2H3,(H,20,21);1H. The first kappa shape index (κ1) is 20.7. The Balaban J connectivity index is 0.00000288. The lowest BCUT2D eigenvalue weighted by molar-refractivity contribution is 0.0735. The van der Waals surface area contributed by atoms with Gasteiger partial charge in [0.2, 0.25) is 0 Å². The molecule has 7 heteroatoms. The van der Waals surface area contributed by atoms with Gasteiger partial charge in [0.1, 0.15) is 0 Å². The highest BCUT2D eigenvalue weighted by molar-refractivity contribution is 9.10.